The lowest BCUT2D eigenvalue weighted by atomic mass is 9.90. The van der Waals surface area contributed by atoms with E-state index >= 15 is 0 Å². The van der Waals surface area contributed by atoms with Crippen molar-refractivity contribution >= 4 is 6.09 Å². The highest BCUT2D eigenvalue weighted by molar-refractivity contribution is 5.68. The third-order valence-corrected chi connectivity index (χ3v) is 3.30. The number of carbonyl (C=O) groups is 1. The number of ether oxygens (including phenoxy) is 1. The Hall–Kier alpha value is -0.810. The van der Waals surface area contributed by atoms with Crippen molar-refractivity contribution in [1.82, 2.24) is 5.32 Å². The number of rotatable bonds is 2. The average molecular weight is 258 g/mol. The summed E-state index contributed by atoms with van der Waals surface area (Å²) < 4.78 is 4.98. The van der Waals surface area contributed by atoms with Gasteiger partial charge >= 0.3 is 6.09 Å². The van der Waals surface area contributed by atoms with Crippen LogP contribution in [-0.4, -0.2) is 42.5 Å². The fraction of sp³-hybridized carbons (Fsp3) is 0.923. The molecule has 1 fully saturated rings. The normalized spacial score (nSPS) is 25.7. The number of hydrogen-bond donors (Lipinski definition) is 1. The quantitative estimate of drug-likeness (QED) is 0.611. The maximum atomic E-state index is 11.8. The second kappa shape index (κ2) is 5.45. The molecule has 5 heteroatoms. The van der Waals surface area contributed by atoms with Crippen LogP contribution in [0.5, 0.6) is 0 Å². The zero-order chi connectivity index (χ0) is 14.0. The second-order valence-electron chi connectivity index (χ2n) is 6.59. The fourth-order valence-corrected chi connectivity index (χ4v) is 2.32. The largest absolute Gasteiger partial charge is 0.633 e. The Morgan fingerprint density at radius 3 is 2.11 bits per heavy atom. The molecule has 0 aromatic heterocycles. The molecule has 0 aliphatic heterocycles. The van der Waals surface area contributed by atoms with Gasteiger partial charge in [-0.1, -0.05) is 0 Å². The second-order valence-corrected chi connectivity index (χ2v) is 6.59. The lowest BCUT2D eigenvalue weighted by Gasteiger charge is -2.45. The molecule has 5 nitrogen and oxygen atoms in total. The first-order valence-corrected chi connectivity index (χ1v) is 6.62. The summed E-state index contributed by atoms with van der Waals surface area (Å²) in [5, 5.41) is 14.7. The van der Waals surface area contributed by atoms with Crippen LogP contribution in [0, 0.1) is 5.21 Å². The molecule has 0 aromatic carbocycles. The van der Waals surface area contributed by atoms with Crippen LogP contribution in [0.2, 0.25) is 0 Å². The van der Waals surface area contributed by atoms with Crippen LogP contribution in [0.3, 0.4) is 0 Å². The molecule has 0 heterocycles. The van der Waals surface area contributed by atoms with Gasteiger partial charge in [0.1, 0.15) is 5.60 Å². The average Bonchev–Trinajstić information content (AvgIpc) is 2.13. The lowest BCUT2D eigenvalue weighted by Crippen LogP contribution is -2.49. The van der Waals surface area contributed by atoms with Gasteiger partial charge in [0.05, 0.1) is 20.1 Å². The first kappa shape index (κ1) is 15.2. The Bertz CT molecular complexity index is 284. The van der Waals surface area contributed by atoms with Crippen LogP contribution >= 0.6 is 0 Å². The van der Waals surface area contributed by atoms with Crippen LogP contribution in [0.4, 0.5) is 4.79 Å². The smallest absolute Gasteiger partial charge is 0.407 e. The van der Waals surface area contributed by atoms with Gasteiger partial charge < -0.3 is 19.9 Å². The van der Waals surface area contributed by atoms with Crippen molar-refractivity contribution in [2.75, 3.05) is 14.1 Å². The van der Waals surface area contributed by atoms with Gasteiger partial charge in [-0.15, -0.1) is 0 Å². The molecular formula is C13H26N2O3. The lowest BCUT2D eigenvalue weighted by molar-refractivity contribution is -0.868. The number of alkyl carbamates (subject to hydrolysis) is 1. The molecular weight excluding hydrogens is 232 g/mol. The number of amides is 1. The minimum absolute atomic E-state index is 0.141. The first-order chi connectivity index (χ1) is 8.08. The summed E-state index contributed by atoms with van der Waals surface area (Å²) in [6.07, 6.45) is 3.07. The van der Waals surface area contributed by atoms with E-state index in [0.29, 0.717) is 0 Å². The maximum Gasteiger partial charge on any atom is 0.407 e. The molecule has 1 saturated carbocycles. The predicted octanol–water partition coefficient (Wildman–Crippen LogP) is 2.40. The molecule has 1 aliphatic carbocycles. The molecule has 106 valence electrons. The van der Waals surface area contributed by atoms with Gasteiger partial charge in [0.15, 0.2) is 0 Å². The highest BCUT2D eigenvalue weighted by atomic mass is 16.6. The van der Waals surface area contributed by atoms with Crippen LogP contribution in [0.1, 0.15) is 46.5 Å². The Morgan fingerprint density at radius 2 is 1.72 bits per heavy atom. The molecule has 0 atom stereocenters. The van der Waals surface area contributed by atoms with Crippen LogP contribution in [-0.2, 0) is 4.74 Å². The van der Waals surface area contributed by atoms with Crippen LogP contribution in [0.25, 0.3) is 0 Å². The highest BCUT2D eigenvalue weighted by Gasteiger charge is 2.29. The van der Waals surface area contributed by atoms with Crippen molar-refractivity contribution in [1.29, 1.82) is 0 Å². The van der Waals surface area contributed by atoms with Gasteiger partial charge in [0.25, 0.3) is 0 Å². The van der Waals surface area contributed by atoms with Crippen molar-refractivity contribution < 1.29 is 14.2 Å². The van der Waals surface area contributed by atoms with E-state index in [-0.39, 0.29) is 22.8 Å². The van der Waals surface area contributed by atoms with Gasteiger partial charge in [0, 0.05) is 18.9 Å². The van der Waals surface area contributed by atoms with Crippen molar-refractivity contribution in [3.8, 4) is 0 Å². The molecule has 0 radical (unpaired) electrons. The molecule has 0 spiro atoms. The topological polar surface area (TPSA) is 61.4 Å². The molecule has 0 bridgehead atoms. The number of nitrogens with zero attached hydrogens (tertiary/aromatic N) is 1. The standard InChI is InChI=1S/C13H26N2O3/c1-13(2,3)18-12(16)14-10-6-8-11(9-7-10)15(4,5)17/h10-11H,6-9H2,1-5H3,(H,14,16). The Morgan fingerprint density at radius 1 is 1.22 bits per heavy atom. The Kier molecular flexibility index (Phi) is 4.61. The van der Waals surface area contributed by atoms with Crippen molar-refractivity contribution in [3.63, 3.8) is 0 Å². The molecule has 1 N–H and O–H groups in total. The summed E-state index contributed by atoms with van der Waals surface area (Å²) in [5.41, 5.74) is -0.463. The number of quaternary nitrogens is 1. The van der Waals surface area contributed by atoms with Gasteiger partial charge in [-0.05, 0) is 33.6 Å². The van der Waals surface area contributed by atoms with Crippen LogP contribution in [0.15, 0.2) is 0 Å². The van der Waals surface area contributed by atoms with E-state index in [1.165, 1.54) is 0 Å². The van der Waals surface area contributed by atoms with E-state index in [1.54, 1.807) is 14.1 Å². The van der Waals surface area contributed by atoms with Gasteiger partial charge in [-0.3, -0.25) is 0 Å². The van der Waals surface area contributed by atoms with E-state index in [1.807, 2.05) is 20.8 Å². The van der Waals surface area contributed by atoms with Crippen LogP contribution < -0.4 is 5.32 Å². The van der Waals surface area contributed by atoms with E-state index in [2.05, 4.69) is 5.32 Å². The first-order valence-electron chi connectivity index (χ1n) is 6.62. The molecule has 1 aliphatic rings. The molecule has 0 unspecified atom stereocenters. The fourth-order valence-electron chi connectivity index (χ4n) is 2.32. The third kappa shape index (κ3) is 5.23. The number of nitrogens with one attached hydrogen (secondary N) is 1. The summed E-state index contributed by atoms with van der Waals surface area (Å²) >= 11 is 0. The minimum atomic E-state index is -0.463. The number of carbonyl (C=O) groups excluding carboxylic acids is 1. The molecule has 1 rings (SSSR count). The number of hydrogen-bond acceptors (Lipinski definition) is 3. The van der Waals surface area contributed by atoms with Gasteiger partial charge in [-0.2, -0.15) is 0 Å². The van der Waals surface area contributed by atoms with E-state index in [4.69, 9.17) is 4.74 Å². The Labute approximate surface area is 110 Å². The van der Waals surface area contributed by atoms with E-state index in [9.17, 15) is 10.0 Å². The monoisotopic (exact) mass is 258 g/mol. The van der Waals surface area contributed by atoms with Crippen molar-refractivity contribution in [2.24, 2.45) is 0 Å². The highest BCUT2D eigenvalue weighted by Crippen LogP contribution is 2.25. The van der Waals surface area contributed by atoms with E-state index < -0.39 is 5.60 Å². The minimum Gasteiger partial charge on any atom is -0.633 e. The summed E-state index contributed by atoms with van der Waals surface area (Å²) in [6, 6.07) is 0.296. The van der Waals surface area contributed by atoms with Gasteiger partial charge in [0.2, 0.25) is 0 Å². The summed E-state index contributed by atoms with van der Waals surface area (Å²) in [4.78, 5) is 11.6. The summed E-state index contributed by atoms with van der Waals surface area (Å²) in [5.74, 6) is 0. The predicted molar refractivity (Wildman–Crippen MR) is 70.9 cm³/mol. The van der Waals surface area contributed by atoms with Crippen molar-refractivity contribution in [2.45, 2.75) is 64.1 Å². The van der Waals surface area contributed by atoms with E-state index in [0.717, 1.165) is 25.7 Å². The summed E-state index contributed by atoms with van der Waals surface area (Å²) in [7, 11) is 3.37. The number of hydroxylamine groups is 3. The molecule has 18 heavy (non-hydrogen) atoms. The summed E-state index contributed by atoms with van der Waals surface area (Å²) in [6.45, 7) is 5.54. The molecule has 0 saturated heterocycles. The third-order valence-electron chi connectivity index (χ3n) is 3.30. The van der Waals surface area contributed by atoms with Gasteiger partial charge in [-0.25, -0.2) is 4.79 Å². The molecule has 0 aromatic rings. The Balaban J connectivity index is 2.34. The zero-order valence-electron chi connectivity index (χ0n) is 12.2. The SMILES string of the molecule is CC(C)(C)OC(=O)NC1CCC([N+](C)(C)[O-])CC1. The van der Waals surface area contributed by atoms with Crippen molar-refractivity contribution in [3.05, 3.63) is 5.21 Å². The maximum absolute atomic E-state index is 11.8. The zero-order valence-corrected chi connectivity index (χ0v) is 12.2. The molecule has 1 amide bonds.